The Morgan fingerprint density at radius 2 is 1.00 bits per heavy atom. The van der Waals surface area contributed by atoms with Crippen LogP contribution in [0.3, 0.4) is 0 Å². The van der Waals surface area contributed by atoms with Crippen LogP contribution in [0.2, 0.25) is 0 Å². The van der Waals surface area contributed by atoms with E-state index in [0.29, 0.717) is 6.07 Å². The second-order valence-electron chi connectivity index (χ2n) is 6.83. The summed E-state index contributed by atoms with van der Waals surface area (Å²) in [5.74, 6) is -11.6. The molecular formula is C21H13AlF8O. The van der Waals surface area contributed by atoms with Gasteiger partial charge in [0.05, 0.1) is 7.11 Å². The van der Waals surface area contributed by atoms with Crippen LogP contribution in [0.15, 0.2) is 24.3 Å². The number of rotatable bonds is 4. The zero-order chi connectivity index (χ0) is 23.2. The van der Waals surface area contributed by atoms with E-state index in [4.69, 9.17) is 4.74 Å². The summed E-state index contributed by atoms with van der Waals surface area (Å²) in [4.78, 5) is 0. The molecule has 0 amide bonds. The fourth-order valence-electron chi connectivity index (χ4n) is 3.54. The molecule has 3 aromatic rings. The van der Waals surface area contributed by atoms with Gasteiger partial charge in [0, 0.05) is 18.2 Å². The zero-order valence-electron chi connectivity index (χ0n) is 16.3. The SMILES string of the molecule is COc1c[c]([Al]([c]2c(F)cc(F)c(F)c2C)[c]2c(F)cc(F)c(F)c2C)c(F)cc1F. The van der Waals surface area contributed by atoms with Gasteiger partial charge < -0.3 is 4.74 Å². The first-order valence-electron chi connectivity index (χ1n) is 8.80. The lowest BCUT2D eigenvalue weighted by molar-refractivity contribution is 0.385. The van der Waals surface area contributed by atoms with Crippen LogP contribution in [-0.4, -0.2) is 21.3 Å². The van der Waals surface area contributed by atoms with Crippen LogP contribution < -0.4 is 18.0 Å². The topological polar surface area (TPSA) is 9.23 Å². The maximum atomic E-state index is 14.9. The Hall–Kier alpha value is -2.57. The molecule has 0 saturated carbocycles. The van der Waals surface area contributed by atoms with Gasteiger partial charge in [-0.25, -0.2) is 35.1 Å². The fourth-order valence-corrected chi connectivity index (χ4v) is 6.97. The molecule has 1 nitrogen and oxygen atoms in total. The predicted molar refractivity (Wildman–Crippen MR) is 99.7 cm³/mol. The van der Waals surface area contributed by atoms with E-state index in [9.17, 15) is 35.1 Å². The summed E-state index contributed by atoms with van der Waals surface area (Å²) in [6, 6.07) is 1.61. The van der Waals surface area contributed by atoms with Gasteiger partial charge >= 0.3 is 14.1 Å². The van der Waals surface area contributed by atoms with Crippen LogP contribution in [-0.2, 0) is 0 Å². The van der Waals surface area contributed by atoms with Crippen LogP contribution >= 0.6 is 0 Å². The van der Waals surface area contributed by atoms with Crippen molar-refractivity contribution in [1.29, 1.82) is 0 Å². The highest BCUT2D eigenvalue weighted by Gasteiger charge is 2.39. The Labute approximate surface area is 176 Å². The number of halogens is 8. The van der Waals surface area contributed by atoms with Gasteiger partial charge in [0.15, 0.2) is 34.8 Å². The number of methoxy groups -OCH3 is 1. The molecule has 10 heteroatoms. The average molecular weight is 460 g/mol. The van der Waals surface area contributed by atoms with Gasteiger partial charge in [0.25, 0.3) is 0 Å². The first-order valence-corrected chi connectivity index (χ1v) is 10.5. The van der Waals surface area contributed by atoms with E-state index in [-0.39, 0.29) is 12.1 Å². The minimum Gasteiger partial charge on any atom is -0.494 e. The summed E-state index contributed by atoms with van der Waals surface area (Å²) < 4.78 is 118. The molecule has 0 N–H and O–H groups in total. The molecule has 0 unspecified atom stereocenters. The summed E-state index contributed by atoms with van der Waals surface area (Å²) in [5, 5.41) is 0. The molecule has 31 heavy (non-hydrogen) atoms. The van der Waals surface area contributed by atoms with E-state index in [2.05, 4.69) is 0 Å². The standard InChI is InChI=1S/2C7H4F3.C7H5F2O.Al/c2*1-4-2-5(8)3-6(9)7(4)10;1-10-7-3-2-5(8)4-6(7)9;/h2*3H,1H3;3-4H,1H3;. The van der Waals surface area contributed by atoms with Gasteiger partial charge in [-0.15, -0.1) is 0 Å². The summed E-state index contributed by atoms with van der Waals surface area (Å²) >= 11 is -3.85. The van der Waals surface area contributed by atoms with Crippen LogP contribution in [0, 0.1) is 60.4 Å². The third kappa shape index (κ3) is 3.90. The van der Waals surface area contributed by atoms with E-state index >= 15 is 0 Å². The first kappa shape index (κ1) is 23.1. The lowest BCUT2D eigenvalue weighted by Gasteiger charge is -2.21. The van der Waals surface area contributed by atoms with Crippen molar-refractivity contribution in [3.05, 3.63) is 81.9 Å². The Balaban J connectivity index is 2.50. The van der Waals surface area contributed by atoms with Crippen LogP contribution in [0.1, 0.15) is 11.1 Å². The van der Waals surface area contributed by atoms with Crippen LogP contribution in [0.5, 0.6) is 5.75 Å². The van der Waals surface area contributed by atoms with E-state index < -0.39 is 90.8 Å². The predicted octanol–water partition coefficient (Wildman–Crippen LogP) is 3.94. The molecule has 0 heterocycles. The van der Waals surface area contributed by atoms with Crippen molar-refractivity contribution in [3.63, 3.8) is 0 Å². The summed E-state index contributed by atoms with van der Waals surface area (Å²) in [6.07, 6.45) is 0. The highest BCUT2D eigenvalue weighted by Crippen LogP contribution is 2.20. The van der Waals surface area contributed by atoms with Gasteiger partial charge in [-0.3, -0.25) is 0 Å². The molecule has 0 bridgehead atoms. The largest absolute Gasteiger partial charge is 0.494 e. The smallest absolute Gasteiger partial charge is 0.398 e. The average Bonchev–Trinajstić information content (AvgIpc) is 2.70. The molecule has 0 atom stereocenters. The Bertz CT molecular complexity index is 1130. The minimum absolute atomic E-state index is 0.198. The first-order chi connectivity index (χ1) is 14.5. The van der Waals surface area contributed by atoms with Gasteiger partial charge in [-0.1, -0.05) is 13.3 Å². The quantitative estimate of drug-likeness (QED) is 0.326. The molecular weight excluding hydrogens is 447 g/mol. The van der Waals surface area contributed by atoms with Crippen LogP contribution in [0.25, 0.3) is 0 Å². The van der Waals surface area contributed by atoms with Gasteiger partial charge in [-0.05, 0) is 31.0 Å². The van der Waals surface area contributed by atoms with Gasteiger partial charge in [-0.2, -0.15) is 0 Å². The second-order valence-corrected chi connectivity index (χ2v) is 9.47. The number of benzene rings is 3. The van der Waals surface area contributed by atoms with Crippen molar-refractivity contribution in [2.45, 2.75) is 13.8 Å². The molecule has 0 radical (unpaired) electrons. The zero-order valence-corrected chi connectivity index (χ0v) is 17.5. The monoisotopic (exact) mass is 460 g/mol. The van der Waals surface area contributed by atoms with E-state index in [0.717, 1.165) is 27.0 Å². The summed E-state index contributed by atoms with van der Waals surface area (Å²) in [7, 11) is 1.06. The molecule has 3 aromatic carbocycles. The number of hydrogen-bond acceptors (Lipinski definition) is 1. The third-order valence-electron chi connectivity index (χ3n) is 5.07. The normalized spacial score (nSPS) is 11.1. The Morgan fingerprint density at radius 1 is 0.581 bits per heavy atom. The number of hydrogen-bond donors (Lipinski definition) is 0. The Morgan fingerprint density at radius 3 is 1.42 bits per heavy atom. The highest BCUT2D eigenvalue weighted by atomic mass is 27.2. The lowest BCUT2D eigenvalue weighted by Crippen LogP contribution is -2.58. The van der Waals surface area contributed by atoms with Crippen molar-refractivity contribution < 1.29 is 39.9 Å². The lowest BCUT2D eigenvalue weighted by atomic mass is 10.2. The maximum absolute atomic E-state index is 14.9. The van der Waals surface area contributed by atoms with Crippen molar-refractivity contribution in [2.24, 2.45) is 0 Å². The Kier molecular flexibility index (Phi) is 6.35. The second kappa shape index (κ2) is 8.52. The molecule has 0 aliphatic rings. The van der Waals surface area contributed by atoms with Crippen molar-refractivity contribution in [2.75, 3.05) is 7.11 Å². The fraction of sp³-hybridized carbons (Fsp3) is 0.143. The molecule has 3 rings (SSSR count). The van der Waals surface area contributed by atoms with Gasteiger partial charge in [0.2, 0.25) is 0 Å². The highest BCUT2D eigenvalue weighted by molar-refractivity contribution is 6.96. The minimum atomic E-state index is -3.85. The van der Waals surface area contributed by atoms with E-state index in [1.165, 1.54) is 0 Å². The number of ether oxygens (including phenoxy) is 1. The summed E-state index contributed by atoms with van der Waals surface area (Å²) in [6.45, 7) is 1.98. The molecule has 0 aliphatic carbocycles. The molecule has 162 valence electrons. The molecule has 0 aliphatic heterocycles. The van der Waals surface area contributed by atoms with Crippen molar-refractivity contribution in [3.8, 4) is 5.75 Å². The van der Waals surface area contributed by atoms with Crippen molar-refractivity contribution in [1.82, 2.24) is 0 Å². The van der Waals surface area contributed by atoms with Crippen molar-refractivity contribution >= 4 is 27.4 Å². The molecule has 0 spiro atoms. The maximum Gasteiger partial charge on any atom is 0.398 e. The molecule has 0 aromatic heterocycles. The molecule has 0 saturated heterocycles. The van der Waals surface area contributed by atoms with E-state index in [1.54, 1.807) is 0 Å². The van der Waals surface area contributed by atoms with Gasteiger partial charge in [0.1, 0.15) is 17.5 Å². The van der Waals surface area contributed by atoms with E-state index in [1.807, 2.05) is 0 Å². The third-order valence-corrected chi connectivity index (χ3v) is 8.70. The molecule has 0 fully saturated rings. The van der Waals surface area contributed by atoms with Crippen LogP contribution in [0.4, 0.5) is 35.1 Å². The summed E-state index contributed by atoms with van der Waals surface area (Å²) in [5.41, 5.74) is -1.19.